The van der Waals surface area contributed by atoms with E-state index in [1.165, 1.54) is 11.3 Å². The van der Waals surface area contributed by atoms with Gasteiger partial charge in [-0.3, -0.25) is 14.4 Å². The number of amides is 3. The summed E-state index contributed by atoms with van der Waals surface area (Å²) in [5.74, 6) is 0.0551. The smallest absolute Gasteiger partial charge is 0.484 e. The summed E-state index contributed by atoms with van der Waals surface area (Å²) in [5, 5.41) is 17.0. The maximum atomic E-state index is 16.1. The van der Waals surface area contributed by atoms with E-state index in [-0.39, 0.29) is 24.3 Å². The molecule has 0 saturated heterocycles. The van der Waals surface area contributed by atoms with Crippen LogP contribution in [0.4, 0.5) is 8.63 Å². The molecule has 18 heteroatoms. The number of nitrogens with zero attached hydrogens (tertiary/aromatic N) is 4. The van der Waals surface area contributed by atoms with Crippen LogP contribution < -0.4 is 20.7 Å². The Kier molecular flexibility index (Phi) is 17.7. The number of thiophene rings is 1. The van der Waals surface area contributed by atoms with Crippen LogP contribution in [0.2, 0.25) is 15.1 Å². The van der Waals surface area contributed by atoms with Crippen molar-refractivity contribution in [1.29, 1.82) is 0 Å². The van der Waals surface area contributed by atoms with Gasteiger partial charge in [0.2, 0.25) is 5.91 Å². The third kappa shape index (κ3) is 12.9. The van der Waals surface area contributed by atoms with Crippen LogP contribution in [0.25, 0.3) is 35.2 Å². The lowest BCUT2D eigenvalue weighted by molar-refractivity contribution is -0.360. The van der Waals surface area contributed by atoms with Crippen molar-refractivity contribution in [2.45, 2.75) is 71.1 Å². The maximum Gasteiger partial charge on any atom is 0.737 e. The third-order valence-electron chi connectivity index (χ3n) is 12.5. The lowest BCUT2D eigenvalue weighted by Crippen LogP contribution is -2.50. The molecule has 8 rings (SSSR count). The number of unbranched alkanes of at least 4 members (excludes halogenated alkanes) is 7. The number of aromatic nitrogens is 3. The van der Waals surface area contributed by atoms with Crippen LogP contribution in [0.1, 0.15) is 102 Å². The number of carbonyl (C=O) groups excluding carboxylic acids is 3. The van der Waals surface area contributed by atoms with Gasteiger partial charge in [-0.2, -0.15) is 5.10 Å². The number of hydrogen-bond donors (Lipinski definition) is 3. The minimum Gasteiger partial charge on any atom is -0.484 e. The van der Waals surface area contributed by atoms with Crippen molar-refractivity contribution >= 4 is 94.8 Å². The van der Waals surface area contributed by atoms with Crippen LogP contribution in [0, 0.1) is 6.92 Å². The highest BCUT2D eigenvalue weighted by atomic mass is 35.5. The Balaban J connectivity index is 0.647. The molecule has 0 bridgehead atoms. The summed E-state index contributed by atoms with van der Waals surface area (Å²) >= 11 is 20.3. The highest BCUT2D eigenvalue weighted by Crippen LogP contribution is 2.36. The Bertz CT molecular complexity index is 3020. The average Bonchev–Trinajstić information content (AvgIpc) is 4.20. The van der Waals surface area contributed by atoms with Gasteiger partial charge in [-0.15, -0.1) is 11.3 Å². The first-order valence-corrected chi connectivity index (χ1v) is 26.3. The first-order chi connectivity index (χ1) is 34.9. The summed E-state index contributed by atoms with van der Waals surface area (Å²) in [6.07, 6.45) is 17.2. The van der Waals surface area contributed by atoms with Gasteiger partial charge in [0.05, 0.1) is 21.3 Å². The van der Waals surface area contributed by atoms with Crippen LogP contribution in [0.5, 0.6) is 5.75 Å². The number of nitrogens with one attached hydrogen (secondary N) is 3. The summed E-state index contributed by atoms with van der Waals surface area (Å²) in [6, 6.07) is 26.7. The van der Waals surface area contributed by atoms with E-state index in [0.29, 0.717) is 81.1 Å². The standard InChI is InChI=1S/C54H55BCl3F2N7O4S/c1-37-52(64-67(47-28-21-41(57)34-46(47)58)53(37)39-17-19-40(56)20-18-39)54(70)63-32-9-5-3-2-4-8-30-61-50(68)13-7-6-10-31-62-51(69)36-71-45-26-15-38(16-27-45)14-22-42-23-24-43-35-44-25-29-48(49-12-11-33-72-49)66(44)55(59,60)65(42)43/h11-12,14-29,33-35H,2-10,13,30-32,36H2,1H3,(H,61,68)(H,62,69)(H,63,70)/b22-14+. The molecule has 0 fully saturated rings. The highest BCUT2D eigenvalue weighted by molar-refractivity contribution is 7.12. The van der Waals surface area contributed by atoms with Gasteiger partial charge >= 0.3 is 6.97 Å². The lowest BCUT2D eigenvalue weighted by Gasteiger charge is -2.30. The van der Waals surface area contributed by atoms with Gasteiger partial charge in [0, 0.05) is 76.8 Å². The SMILES string of the molecule is Cc1c(C(=O)NCCCCCCCCNC(=O)CCCCCNC(=O)COc2ccc(/C=C/c3ccc4n3[B-](F)(F)[N+]3=C(c5cccs5)C=CC3=C4)cc2)nn(-c2ccc(Cl)cc2Cl)c1-c1ccc(Cl)cc1. The summed E-state index contributed by atoms with van der Waals surface area (Å²) < 4.78 is 41.9. The molecule has 2 aliphatic rings. The molecule has 6 aromatic rings. The summed E-state index contributed by atoms with van der Waals surface area (Å²) in [6.45, 7) is -0.742. The highest BCUT2D eigenvalue weighted by Gasteiger charge is 2.52. The van der Waals surface area contributed by atoms with Gasteiger partial charge in [0.25, 0.3) is 11.8 Å². The zero-order chi connectivity index (χ0) is 50.6. The van der Waals surface area contributed by atoms with E-state index < -0.39 is 6.97 Å². The molecule has 374 valence electrons. The van der Waals surface area contributed by atoms with E-state index in [9.17, 15) is 14.4 Å². The van der Waals surface area contributed by atoms with Crippen molar-refractivity contribution in [2.24, 2.45) is 0 Å². The first-order valence-electron chi connectivity index (χ1n) is 24.2. The number of fused-ring (bicyclic) bond motifs is 2. The zero-order valence-corrected chi connectivity index (χ0v) is 42.9. The predicted octanol–water partition coefficient (Wildman–Crippen LogP) is 12.4. The van der Waals surface area contributed by atoms with E-state index >= 15 is 8.63 Å². The lowest BCUT2D eigenvalue weighted by atomic mass is 9.90. The molecule has 0 atom stereocenters. The van der Waals surface area contributed by atoms with Crippen molar-refractivity contribution in [3.05, 3.63) is 162 Å². The molecule has 0 aliphatic carbocycles. The van der Waals surface area contributed by atoms with Crippen LogP contribution in [-0.2, 0) is 9.59 Å². The van der Waals surface area contributed by atoms with Gasteiger partial charge in [-0.25, -0.2) is 4.68 Å². The first kappa shape index (κ1) is 52.1. The number of benzene rings is 3. The van der Waals surface area contributed by atoms with E-state index in [1.807, 2.05) is 48.7 Å². The number of halogens is 5. The second-order valence-electron chi connectivity index (χ2n) is 17.7. The molecule has 3 amide bonds. The van der Waals surface area contributed by atoms with E-state index in [2.05, 4.69) is 16.0 Å². The Morgan fingerprint density at radius 2 is 1.44 bits per heavy atom. The number of rotatable bonds is 24. The van der Waals surface area contributed by atoms with Gasteiger partial charge in [0.15, 0.2) is 23.7 Å². The molecule has 3 aromatic heterocycles. The van der Waals surface area contributed by atoms with Gasteiger partial charge < -0.3 is 38.3 Å². The number of ether oxygens (including phenoxy) is 1. The Morgan fingerprint density at radius 3 is 2.15 bits per heavy atom. The van der Waals surface area contributed by atoms with Crippen LogP contribution in [0.15, 0.2) is 114 Å². The molecular weight excluding hydrogens is 998 g/mol. The zero-order valence-electron chi connectivity index (χ0n) is 39.8. The predicted molar refractivity (Wildman–Crippen MR) is 288 cm³/mol. The summed E-state index contributed by atoms with van der Waals surface area (Å²) in [4.78, 5) is 38.9. The van der Waals surface area contributed by atoms with Crippen LogP contribution in [-0.4, -0.2) is 75.4 Å². The van der Waals surface area contributed by atoms with Crippen LogP contribution >= 0.6 is 46.1 Å². The normalized spacial score (nSPS) is 13.6. The third-order valence-corrected chi connectivity index (χ3v) is 14.2. The minimum atomic E-state index is -4.13. The molecular formula is C54H55BCl3F2N7O4S. The molecule has 5 heterocycles. The van der Waals surface area contributed by atoms with Crippen molar-refractivity contribution in [3.8, 4) is 22.7 Å². The van der Waals surface area contributed by atoms with Gasteiger partial charge in [-0.1, -0.05) is 103 Å². The van der Waals surface area contributed by atoms with Crippen molar-refractivity contribution < 1.29 is 32.2 Å². The second-order valence-corrected chi connectivity index (χ2v) is 19.9. The largest absolute Gasteiger partial charge is 0.737 e. The number of hydrogen-bond acceptors (Lipinski definition) is 6. The molecule has 0 radical (unpaired) electrons. The second kappa shape index (κ2) is 24.4. The van der Waals surface area contributed by atoms with Gasteiger partial charge in [-0.05, 0) is 110 Å². The summed E-state index contributed by atoms with van der Waals surface area (Å²) in [5.41, 5.74) is 5.84. The summed E-state index contributed by atoms with van der Waals surface area (Å²) in [7, 11) is 0. The molecule has 3 aromatic carbocycles. The van der Waals surface area contributed by atoms with Crippen molar-refractivity contribution in [1.82, 2.24) is 30.2 Å². The monoisotopic (exact) mass is 1050 g/mol. The van der Waals surface area contributed by atoms with Crippen LogP contribution in [0.3, 0.4) is 0 Å². The Hall–Kier alpha value is -6.26. The topological polar surface area (TPSA) is 122 Å². The molecule has 3 N–H and O–H groups in total. The van der Waals surface area contributed by atoms with Gasteiger partial charge in [0.1, 0.15) is 5.75 Å². The number of allylic oxidation sites excluding steroid dienone is 2. The quantitative estimate of drug-likeness (QED) is 0.0412. The minimum absolute atomic E-state index is 0.0329. The molecule has 11 nitrogen and oxygen atoms in total. The van der Waals surface area contributed by atoms with E-state index in [1.54, 1.807) is 89.7 Å². The van der Waals surface area contributed by atoms with E-state index in [4.69, 9.17) is 44.6 Å². The molecule has 2 aliphatic heterocycles. The Morgan fingerprint density at radius 1 is 0.764 bits per heavy atom. The fourth-order valence-corrected chi connectivity index (χ4v) is 10.2. The Labute approximate surface area is 437 Å². The number of carbonyl (C=O) groups is 3. The van der Waals surface area contributed by atoms with E-state index in [0.717, 1.165) is 94.0 Å². The van der Waals surface area contributed by atoms with Crippen molar-refractivity contribution in [3.63, 3.8) is 0 Å². The fourth-order valence-electron chi connectivity index (χ4n) is 8.83. The molecule has 0 saturated carbocycles. The molecule has 72 heavy (non-hydrogen) atoms. The molecule has 0 unspecified atom stereocenters. The fraction of sp³-hybridized carbons (Fsp3) is 0.278. The average molecular weight is 1050 g/mol. The van der Waals surface area contributed by atoms with Crippen molar-refractivity contribution in [2.75, 3.05) is 26.2 Å². The maximum absolute atomic E-state index is 16.1. The molecule has 0 spiro atoms.